The summed E-state index contributed by atoms with van der Waals surface area (Å²) < 4.78 is 7.34. The van der Waals surface area contributed by atoms with E-state index in [0.29, 0.717) is 17.1 Å². The summed E-state index contributed by atoms with van der Waals surface area (Å²) in [5.41, 5.74) is 0.802. The zero-order chi connectivity index (χ0) is 14.5. The monoisotopic (exact) mass is 292 g/mol. The van der Waals surface area contributed by atoms with E-state index in [-0.39, 0.29) is 5.75 Å². The van der Waals surface area contributed by atoms with Gasteiger partial charge in [0.25, 0.3) is 0 Å². The third kappa shape index (κ3) is 3.05. The van der Waals surface area contributed by atoms with Gasteiger partial charge in [-0.05, 0) is 42.9 Å². The van der Waals surface area contributed by atoms with Crippen LogP contribution in [-0.4, -0.2) is 32.8 Å². The molecule has 0 radical (unpaired) electrons. The van der Waals surface area contributed by atoms with E-state index >= 15 is 0 Å². The molecule has 0 aliphatic heterocycles. The normalized spacial score (nSPS) is 11.1. The number of rotatable bonds is 5. The Balaban J connectivity index is 2.29. The largest absolute Gasteiger partial charge is 0.504 e. The van der Waals surface area contributed by atoms with Gasteiger partial charge >= 0.3 is 0 Å². The molecule has 0 unspecified atom stereocenters. The molecule has 1 aromatic heterocycles. The van der Waals surface area contributed by atoms with Crippen LogP contribution >= 0.6 is 12.2 Å². The van der Waals surface area contributed by atoms with Gasteiger partial charge in [-0.15, -0.1) is 0 Å². The molecule has 1 heterocycles. The molecule has 0 spiro atoms. The fraction of sp³-hybridized carbons (Fsp3) is 0.308. The zero-order valence-electron chi connectivity index (χ0n) is 11.3. The predicted octanol–water partition coefficient (Wildman–Crippen LogP) is 2.49. The fourth-order valence-electron chi connectivity index (χ4n) is 1.68. The minimum Gasteiger partial charge on any atom is -0.504 e. The second kappa shape index (κ2) is 6.33. The summed E-state index contributed by atoms with van der Waals surface area (Å²) in [6.07, 6.45) is 2.37. The van der Waals surface area contributed by atoms with Crippen molar-refractivity contribution < 1.29 is 9.84 Å². The maximum atomic E-state index is 9.64. The number of phenols is 1. The summed E-state index contributed by atoms with van der Waals surface area (Å²) in [6, 6.07) is 5.04. The van der Waals surface area contributed by atoms with Crippen molar-refractivity contribution in [2.45, 2.75) is 20.3 Å². The van der Waals surface area contributed by atoms with Gasteiger partial charge in [-0.2, -0.15) is 14.9 Å². The lowest BCUT2D eigenvalue weighted by Crippen LogP contribution is -1.98. The third-order valence-corrected chi connectivity index (χ3v) is 2.90. The van der Waals surface area contributed by atoms with Crippen molar-refractivity contribution in [1.82, 2.24) is 14.9 Å². The van der Waals surface area contributed by atoms with Crippen LogP contribution in [0.25, 0.3) is 0 Å². The standard InChI is InChI=1S/C13H16N4O2S/c1-3-12-15-16-13(20)17(12)14-8-9-5-6-10(18)11(7-9)19-4-2/h5-8,18H,3-4H2,1-2H3,(H,16,20)/b14-8-. The maximum Gasteiger partial charge on any atom is 0.216 e. The van der Waals surface area contributed by atoms with Crippen LogP contribution in [0.1, 0.15) is 25.2 Å². The Hall–Kier alpha value is -2.15. The number of hydrogen-bond donors (Lipinski definition) is 2. The fourth-order valence-corrected chi connectivity index (χ4v) is 1.88. The predicted molar refractivity (Wildman–Crippen MR) is 79.1 cm³/mol. The number of H-pyrrole nitrogens is 1. The number of phenolic OH excluding ortho intramolecular Hbond substituents is 1. The van der Waals surface area contributed by atoms with Crippen LogP contribution in [0, 0.1) is 4.77 Å². The van der Waals surface area contributed by atoms with E-state index in [4.69, 9.17) is 17.0 Å². The highest BCUT2D eigenvalue weighted by Gasteiger charge is 2.04. The van der Waals surface area contributed by atoms with Gasteiger partial charge in [0.2, 0.25) is 4.77 Å². The van der Waals surface area contributed by atoms with Gasteiger partial charge in [-0.3, -0.25) is 5.10 Å². The number of aromatic amines is 1. The number of nitrogens with zero attached hydrogens (tertiary/aromatic N) is 3. The molecule has 0 saturated heterocycles. The van der Waals surface area contributed by atoms with Gasteiger partial charge in [-0.25, -0.2) is 0 Å². The van der Waals surface area contributed by atoms with Crippen molar-refractivity contribution >= 4 is 18.4 Å². The Bertz CT molecular complexity index is 675. The lowest BCUT2D eigenvalue weighted by molar-refractivity contribution is 0.318. The molecule has 0 bridgehead atoms. The van der Waals surface area contributed by atoms with Crippen molar-refractivity contribution in [1.29, 1.82) is 0 Å². The van der Waals surface area contributed by atoms with Crippen LogP contribution in [-0.2, 0) is 6.42 Å². The van der Waals surface area contributed by atoms with E-state index < -0.39 is 0 Å². The summed E-state index contributed by atoms with van der Waals surface area (Å²) in [6.45, 7) is 4.32. The Kier molecular flexibility index (Phi) is 4.52. The highest BCUT2D eigenvalue weighted by atomic mass is 32.1. The van der Waals surface area contributed by atoms with Crippen LogP contribution in [0.15, 0.2) is 23.3 Å². The van der Waals surface area contributed by atoms with Gasteiger partial charge in [0.1, 0.15) is 0 Å². The van der Waals surface area contributed by atoms with Gasteiger partial charge in [0.05, 0.1) is 12.8 Å². The minimum atomic E-state index is 0.109. The number of hydrogen-bond acceptors (Lipinski definition) is 5. The molecule has 0 atom stereocenters. The molecular formula is C13H16N4O2S. The zero-order valence-corrected chi connectivity index (χ0v) is 12.1. The molecular weight excluding hydrogens is 276 g/mol. The van der Waals surface area contributed by atoms with Crippen molar-refractivity contribution in [3.63, 3.8) is 0 Å². The molecule has 1 aromatic carbocycles. The van der Waals surface area contributed by atoms with Crippen LogP contribution in [0.4, 0.5) is 0 Å². The summed E-state index contributed by atoms with van der Waals surface area (Å²) in [4.78, 5) is 0. The molecule has 20 heavy (non-hydrogen) atoms. The molecule has 2 rings (SSSR count). The summed E-state index contributed by atoms with van der Waals surface area (Å²) in [5.74, 6) is 1.30. The number of aromatic nitrogens is 3. The van der Waals surface area contributed by atoms with Gasteiger partial charge in [0.15, 0.2) is 17.3 Å². The highest BCUT2D eigenvalue weighted by molar-refractivity contribution is 7.71. The van der Waals surface area contributed by atoms with Crippen molar-refractivity contribution in [2.24, 2.45) is 5.10 Å². The molecule has 0 amide bonds. The first-order chi connectivity index (χ1) is 9.65. The SMILES string of the molecule is CCOc1cc(/C=N\n2c(CC)n[nH]c2=S)ccc1O. The average molecular weight is 292 g/mol. The molecule has 106 valence electrons. The summed E-state index contributed by atoms with van der Waals surface area (Å²) >= 11 is 5.11. The Morgan fingerprint density at radius 1 is 1.50 bits per heavy atom. The average Bonchev–Trinajstić information content (AvgIpc) is 2.80. The molecule has 7 heteroatoms. The first-order valence-corrected chi connectivity index (χ1v) is 6.73. The lowest BCUT2D eigenvalue weighted by Gasteiger charge is -2.06. The van der Waals surface area contributed by atoms with Crippen LogP contribution in [0.3, 0.4) is 0 Å². The molecule has 0 fully saturated rings. The third-order valence-electron chi connectivity index (χ3n) is 2.64. The molecule has 0 saturated carbocycles. The van der Waals surface area contributed by atoms with Crippen LogP contribution in [0.5, 0.6) is 11.5 Å². The smallest absolute Gasteiger partial charge is 0.216 e. The number of benzene rings is 1. The topological polar surface area (TPSA) is 75.4 Å². The highest BCUT2D eigenvalue weighted by Crippen LogP contribution is 2.26. The Morgan fingerprint density at radius 3 is 3.00 bits per heavy atom. The molecule has 6 nitrogen and oxygen atoms in total. The quantitative estimate of drug-likeness (QED) is 0.656. The first kappa shape index (κ1) is 14.3. The molecule has 0 aliphatic carbocycles. The van der Waals surface area contributed by atoms with Crippen LogP contribution in [0.2, 0.25) is 0 Å². The molecule has 2 N–H and O–H groups in total. The molecule has 2 aromatic rings. The van der Waals surface area contributed by atoms with Gasteiger partial charge in [-0.1, -0.05) is 6.92 Å². The van der Waals surface area contributed by atoms with Crippen molar-refractivity contribution in [3.05, 3.63) is 34.4 Å². The van der Waals surface area contributed by atoms with Crippen molar-refractivity contribution in [3.8, 4) is 11.5 Å². The van der Waals surface area contributed by atoms with Crippen LogP contribution < -0.4 is 4.74 Å². The number of nitrogens with one attached hydrogen (secondary N) is 1. The van der Waals surface area contributed by atoms with E-state index in [2.05, 4.69) is 15.3 Å². The second-order valence-electron chi connectivity index (χ2n) is 4.02. The second-order valence-corrected chi connectivity index (χ2v) is 4.40. The van der Waals surface area contributed by atoms with E-state index in [0.717, 1.165) is 17.8 Å². The number of aromatic hydroxyl groups is 1. The van der Waals surface area contributed by atoms with Crippen molar-refractivity contribution in [2.75, 3.05) is 6.61 Å². The van der Waals surface area contributed by atoms with E-state index in [1.807, 2.05) is 13.8 Å². The van der Waals surface area contributed by atoms with E-state index in [9.17, 15) is 5.11 Å². The maximum absolute atomic E-state index is 9.64. The lowest BCUT2D eigenvalue weighted by atomic mass is 10.2. The Labute approximate surface area is 121 Å². The van der Waals surface area contributed by atoms with E-state index in [1.54, 1.807) is 29.1 Å². The van der Waals surface area contributed by atoms with Gasteiger partial charge in [0, 0.05) is 6.42 Å². The number of ether oxygens (including phenoxy) is 1. The Morgan fingerprint density at radius 2 is 2.30 bits per heavy atom. The number of aryl methyl sites for hydroxylation is 1. The molecule has 0 aliphatic rings. The summed E-state index contributed by atoms with van der Waals surface area (Å²) in [7, 11) is 0. The van der Waals surface area contributed by atoms with E-state index in [1.165, 1.54) is 0 Å². The first-order valence-electron chi connectivity index (χ1n) is 6.32. The summed E-state index contributed by atoms with van der Waals surface area (Å²) in [5, 5.41) is 20.7. The van der Waals surface area contributed by atoms with Gasteiger partial charge < -0.3 is 9.84 Å². The minimum absolute atomic E-state index is 0.109.